The minimum atomic E-state index is -0.0126. The number of hydrogen-bond donors (Lipinski definition) is 1. The maximum absolute atomic E-state index is 5.65. The van der Waals surface area contributed by atoms with Crippen LogP contribution in [-0.2, 0) is 5.41 Å². The van der Waals surface area contributed by atoms with Crippen LogP contribution in [-0.4, -0.2) is 14.6 Å². The van der Waals surface area contributed by atoms with Crippen molar-refractivity contribution in [2.45, 2.75) is 26.2 Å². The number of nitrogen functional groups attached to an aromatic ring is 1. The summed E-state index contributed by atoms with van der Waals surface area (Å²) in [7, 11) is 0. The van der Waals surface area contributed by atoms with E-state index in [1.807, 2.05) is 0 Å². The monoisotopic (exact) mass is 268 g/mol. The molecule has 0 atom stereocenters. The molecule has 0 aromatic carbocycles. The minimum Gasteiger partial charge on any atom is -0.396 e. The van der Waals surface area contributed by atoms with Gasteiger partial charge in [0.2, 0.25) is 0 Å². The standard InChI is InChI=1S/C10H13BrN4/c1-10(2,3)8-7(11)9-13-4-6(12)5-15(9)14-8/h4-5H,12H2,1-3H3. The second-order valence-electron chi connectivity index (χ2n) is 4.57. The fourth-order valence-electron chi connectivity index (χ4n) is 1.40. The summed E-state index contributed by atoms with van der Waals surface area (Å²) < 4.78 is 2.65. The molecule has 15 heavy (non-hydrogen) atoms. The van der Waals surface area contributed by atoms with Gasteiger partial charge in [0, 0.05) is 5.41 Å². The molecule has 80 valence electrons. The summed E-state index contributed by atoms with van der Waals surface area (Å²) in [5, 5.41) is 4.47. The largest absolute Gasteiger partial charge is 0.396 e. The van der Waals surface area contributed by atoms with Crippen LogP contribution in [0, 0.1) is 0 Å². The Bertz CT molecular complexity index is 510. The summed E-state index contributed by atoms with van der Waals surface area (Å²) in [4.78, 5) is 4.24. The lowest BCUT2D eigenvalue weighted by molar-refractivity contribution is 0.560. The lowest BCUT2D eigenvalue weighted by atomic mass is 9.92. The van der Waals surface area contributed by atoms with Crippen LogP contribution in [0.1, 0.15) is 26.5 Å². The van der Waals surface area contributed by atoms with E-state index in [9.17, 15) is 0 Å². The lowest BCUT2D eigenvalue weighted by Crippen LogP contribution is -2.12. The molecular formula is C10H13BrN4. The highest BCUT2D eigenvalue weighted by atomic mass is 79.9. The Morgan fingerprint density at radius 1 is 1.40 bits per heavy atom. The highest BCUT2D eigenvalue weighted by Gasteiger charge is 2.23. The minimum absolute atomic E-state index is 0.0126. The Labute approximate surface area is 96.6 Å². The van der Waals surface area contributed by atoms with E-state index < -0.39 is 0 Å². The maximum atomic E-state index is 5.65. The second kappa shape index (κ2) is 3.20. The van der Waals surface area contributed by atoms with Gasteiger partial charge in [-0.1, -0.05) is 20.8 Å². The van der Waals surface area contributed by atoms with Gasteiger partial charge in [0.15, 0.2) is 5.65 Å². The first-order valence-corrected chi connectivity index (χ1v) is 5.49. The third-order valence-corrected chi connectivity index (χ3v) is 2.88. The molecule has 2 N–H and O–H groups in total. The third-order valence-electron chi connectivity index (χ3n) is 2.15. The Kier molecular flexibility index (Phi) is 2.22. The average molecular weight is 269 g/mol. The first-order valence-electron chi connectivity index (χ1n) is 4.69. The summed E-state index contributed by atoms with van der Waals surface area (Å²) in [5.74, 6) is 0. The molecule has 2 aromatic rings. The predicted octanol–water partition coefficient (Wildman–Crippen LogP) is 2.37. The number of nitrogens with zero attached hydrogens (tertiary/aromatic N) is 3. The molecule has 0 aliphatic heterocycles. The van der Waals surface area contributed by atoms with Crippen molar-refractivity contribution in [1.82, 2.24) is 14.6 Å². The molecule has 0 spiro atoms. The highest BCUT2D eigenvalue weighted by Crippen LogP contribution is 2.31. The number of rotatable bonds is 0. The molecule has 2 heterocycles. The molecule has 0 saturated carbocycles. The van der Waals surface area contributed by atoms with Gasteiger partial charge in [-0.25, -0.2) is 9.50 Å². The maximum Gasteiger partial charge on any atom is 0.169 e. The van der Waals surface area contributed by atoms with Gasteiger partial charge in [0.25, 0.3) is 0 Å². The van der Waals surface area contributed by atoms with Crippen molar-refractivity contribution in [3.8, 4) is 0 Å². The van der Waals surface area contributed by atoms with Crippen LogP contribution in [0.4, 0.5) is 5.69 Å². The average Bonchev–Trinajstić information content (AvgIpc) is 2.42. The van der Waals surface area contributed by atoms with Crippen LogP contribution in [0.2, 0.25) is 0 Å². The van der Waals surface area contributed by atoms with E-state index in [4.69, 9.17) is 5.73 Å². The molecule has 2 aromatic heterocycles. The number of hydrogen-bond acceptors (Lipinski definition) is 3. The van der Waals surface area contributed by atoms with Gasteiger partial charge in [-0.3, -0.25) is 0 Å². The number of nitrogens with two attached hydrogens (primary N) is 1. The molecular weight excluding hydrogens is 256 g/mol. The molecule has 0 aliphatic rings. The van der Waals surface area contributed by atoms with Gasteiger partial charge in [-0.15, -0.1) is 0 Å². The van der Waals surface area contributed by atoms with Crippen molar-refractivity contribution >= 4 is 27.3 Å². The van der Waals surface area contributed by atoms with Crippen molar-refractivity contribution < 1.29 is 0 Å². The molecule has 0 amide bonds. The summed E-state index contributed by atoms with van der Waals surface area (Å²) in [6.45, 7) is 6.34. The van der Waals surface area contributed by atoms with Crippen LogP contribution >= 0.6 is 15.9 Å². The summed E-state index contributed by atoms with van der Waals surface area (Å²) in [6, 6.07) is 0. The molecule has 0 unspecified atom stereocenters. The van der Waals surface area contributed by atoms with Gasteiger partial charge < -0.3 is 5.73 Å². The van der Waals surface area contributed by atoms with Crippen molar-refractivity contribution in [3.63, 3.8) is 0 Å². The first kappa shape index (κ1) is 10.4. The molecule has 5 heteroatoms. The Balaban J connectivity index is 2.75. The zero-order valence-electron chi connectivity index (χ0n) is 8.95. The van der Waals surface area contributed by atoms with Gasteiger partial charge >= 0.3 is 0 Å². The Morgan fingerprint density at radius 2 is 2.07 bits per heavy atom. The number of aromatic nitrogens is 3. The summed E-state index contributed by atoms with van der Waals surface area (Å²) >= 11 is 3.53. The van der Waals surface area contributed by atoms with E-state index in [1.54, 1.807) is 16.9 Å². The van der Waals surface area contributed by atoms with E-state index in [1.165, 1.54) is 0 Å². The normalized spacial score (nSPS) is 12.3. The molecule has 0 radical (unpaired) electrons. The van der Waals surface area contributed by atoms with Crippen LogP contribution < -0.4 is 5.73 Å². The Hall–Kier alpha value is -1.10. The second-order valence-corrected chi connectivity index (χ2v) is 5.36. The number of fused-ring (bicyclic) bond motifs is 1. The topological polar surface area (TPSA) is 56.2 Å². The number of halogens is 1. The van der Waals surface area contributed by atoms with Crippen molar-refractivity contribution in [1.29, 1.82) is 0 Å². The lowest BCUT2D eigenvalue weighted by Gasteiger charge is -2.14. The zero-order chi connectivity index (χ0) is 11.2. The van der Waals surface area contributed by atoms with Crippen LogP contribution in [0.5, 0.6) is 0 Å². The highest BCUT2D eigenvalue weighted by molar-refractivity contribution is 9.10. The van der Waals surface area contributed by atoms with E-state index in [0.717, 1.165) is 15.8 Å². The molecule has 0 aliphatic carbocycles. The molecule has 2 rings (SSSR count). The van der Waals surface area contributed by atoms with Crippen LogP contribution in [0.3, 0.4) is 0 Å². The zero-order valence-corrected chi connectivity index (χ0v) is 10.5. The van der Waals surface area contributed by atoms with Gasteiger partial charge in [0.05, 0.1) is 28.2 Å². The summed E-state index contributed by atoms with van der Waals surface area (Å²) in [6.07, 6.45) is 3.40. The van der Waals surface area contributed by atoms with Crippen molar-refractivity contribution in [3.05, 3.63) is 22.6 Å². The van der Waals surface area contributed by atoms with Gasteiger partial charge in [0.1, 0.15) is 0 Å². The molecule has 0 bridgehead atoms. The van der Waals surface area contributed by atoms with Gasteiger partial charge in [-0.2, -0.15) is 5.10 Å². The van der Waals surface area contributed by atoms with E-state index in [2.05, 4.69) is 46.8 Å². The fourth-order valence-corrected chi connectivity index (χ4v) is 2.36. The molecule has 0 saturated heterocycles. The number of anilines is 1. The van der Waals surface area contributed by atoms with Gasteiger partial charge in [-0.05, 0) is 15.9 Å². The first-order chi connectivity index (χ1) is 6.89. The molecule has 0 fully saturated rings. The van der Waals surface area contributed by atoms with E-state index >= 15 is 0 Å². The van der Waals surface area contributed by atoms with Crippen LogP contribution in [0.25, 0.3) is 5.65 Å². The fraction of sp³-hybridized carbons (Fsp3) is 0.400. The smallest absolute Gasteiger partial charge is 0.169 e. The van der Waals surface area contributed by atoms with E-state index in [-0.39, 0.29) is 5.41 Å². The third kappa shape index (κ3) is 1.71. The predicted molar refractivity (Wildman–Crippen MR) is 63.8 cm³/mol. The molecule has 4 nitrogen and oxygen atoms in total. The SMILES string of the molecule is CC(C)(C)c1nn2cc(N)cnc2c1Br. The van der Waals surface area contributed by atoms with Crippen molar-refractivity contribution in [2.24, 2.45) is 0 Å². The van der Waals surface area contributed by atoms with Crippen LogP contribution in [0.15, 0.2) is 16.9 Å². The van der Waals surface area contributed by atoms with E-state index in [0.29, 0.717) is 5.69 Å². The van der Waals surface area contributed by atoms with Crippen molar-refractivity contribution in [2.75, 3.05) is 5.73 Å². The summed E-state index contributed by atoms with van der Waals surface area (Å²) in [5.41, 5.74) is 8.04. The Morgan fingerprint density at radius 3 is 2.67 bits per heavy atom. The quantitative estimate of drug-likeness (QED) is 0.798.